The second kappa shape index (κ2) is 11.1. The molecule has 6 nitrogen and oxygen atoms in total. The summed E-state index contributed by atoms with van der Waals surface area (Å²) in [5.41, 5.74) is 2.26. The first-order chi connectivity index (χ1) is 16.4. The molecule has 0 bridgehead atoms. The van der Waals surface area contributed by atoms with Gasteiger partial charge in [-0.3, -0.25) is 4.79 Å². The summed E-state index contributed by atoms with van der Waals surface area (Å²) < 4.78 is 28.2. The van der Waals surface area contributed by atoms with E-state index in [0.717, 1.165) is 11.1 Å². The van der Waals surface area contributed by atoms with Crippen LogP contribution in [0.2, 0.25) is 5.02 Å². The summed E-state index contributed by atoms with van der Waals surface area (Å²) in [7, 11) is -3.74. The number of sulfonamides is 1. The fraction of sp³-hybridized carbons (Fsp3) is 0.269. The van der Waals surface area contributed by atoms with Crippen molar-refractivity contribution >= 4 is 27.5 Å². The molecule has 1 fully saturated rings. The number of rotatable bonds is 8. The zero-order valence-corrected chi connectivity index (χ0v) is 20.2. The summed E-state index contributed by atoms with van der Waals surface area (Å²) in [4.78, 5) is 13.2. The number of hydrogen-bond acceptors (Lipinski definition) is 4. The molecule has 0 aliphatic carbocycles. The van der Waals surface area contributed by atoms with Gasteiger partial charge in [0.2, 0.25) is 15.9 Å². The molecule has 3 aromatic carbocycles. The predicted molar refractivity (Wildman–Crippen MR) is 134 cm³/mol. The van der Waals surface area contributed by atoms with Crippen molar-refractivity contribution in [1.29, 1.82) is 0 Å². The minimum Gasteiger partial charge on any atom is -0.355 e. The third kappa shape index (κ3) is 6.24. The van der Waals surface area contributed by atoms with E-state index < -0.39 is 16.1 Å². The Morgan fingerprint density at radius 2 is 1.59 bits per heavy atom. The number of hydrogen-bond donors (Lipinski definition) is 3. The van der Waals surface area contributed by atoms with Crippen molar-refractivity contribution in [2.24, 2.45) is 5.92 Å². The zero-order chi connectivity index (χ0) is 24.0. The molecule has 34 heavy (non-hydrogen) atoms. The summed E-state index contributed by atoms with van der Waals surface area (Å²) in [5, 5.41) is 6.64. The van der Waals surface area contributed by atoms with E-state index in [1.165, 1.54) is 12.1 Å². The van der Waals surface area contributed by atoms with Crippen LogP contribution in [-0.4, -0.2) is 40.0 Å². The van der Waals surface area contributed by atoms with E-state index >= 15 is 0 Å². The van der Waals surface area contributed by atoms with E-state index in [4.69, 9.17) is 11.6 Å². The van der Waals surface area contributed by atoms with E-state index in [1.807, 2.05) is 36.4 Å². The Balaban J connectivity index is 1.40. The molecule has 2 unspecified atom stereocenters. The average Bonchev–Trinajstić information content (AvgIpc) is 2.85. The van der Waals surface area contributed by atoms with Crippen LogP contribution in [0, 0.1) is 5.92 Å². The lowest BCUT2D eigenvalue weighted by Crippen LogP contribution is -2.52. The standard InChI is InChI=1S/C26H28ClN3O3S/c27-22-12-7-13-24(15-22)34(32,33)30-23-14-21(16-28-17-23)26(31)29-18-25(19-8-3-1-4-9-19)20-10-5-2-6-11-20/h1-13,15,21,23,25,28,30H,14,16-18H2,(H,29,31). The highest BCUT2D eigenvalue weighted by Gasteiger charge is 2.30. The maximum Gasteiger partial charge on any atom is 0.240 e. The summed E-state index contributed by atoms with van der Waals surface area (Å²) in [6.45, 7) is 1.42. The number of benzene rings is 3. The Morgan fingerprint density at radius 3 is 2.21 bits per heavy atom. The number of piperidine rings is 1. The highest BCUT2D eigenvalue weighted by Crippen LogP contribution is 2.24. The largest absolute Gasteiger partial charge is 0.355 e. The molecule has 0 saturated carbocycles. The fourth-order valence-electron chi connectivity index (χ4n) is 4.30. The Morgan fingerprint density at radius 1 is 0.941 bits per heavy atom. The zero-order valence-electron chi connectivity index (χ0n) is 18.7. The number of carbonyl (C=O) groups is 1. The van der Waals surface area contributed by atoms with Crippen molar-refractivity contribution in [2.45, 2.75) is 23.3 Å². The first kappa shape index (κ1) is 24.4. The van der Waals surface area contributed by atoms with E-state index in [0.29, 0.717) is 31.1 Å². The lowest BCUT2D eigenvalue weighted by atomic mass is 9.90. The topological polar surface area (TPSA) is 87.3 Å². The van der Waals surface area contributed by atoms with Gasteiger partial charge in [0.15, 0.2) is 0 Å². The monoisotopic (exact) mass is 497 g/mol. The number of halogens is 1. The van der Waals surface area contributed by atoms with Crippen LogP contribution < -0.4 is 15.4 Å². The van der Waals surface area contributed by atoms with Crippen molar-refractivity contribution < 1.29 is 13.2 Å². The summed E-state index contributed by atoms with van der Waals surface area (Å²) in [6, 6.07) is 25.9. The van der Waals surface area contributed by atoms with Gasteiger partial charge in [-0.05, 0) is 35.7 Å². The van der Waals surface area contributed by atoms with E-state index in [2.05, 4.69) is 39.6 Å². The van der Waals surface area contributed by atoms with Crippen molar-refractivity contribution in [3.05, 3.63) is 101 Å². The third-order valence-electron chi connectivity index (χ3n) is 6.03. The summed E-state index contributed by atoms with van der Waals surface area (Å²) in [6.07, 6.45) is 0.417. The molecule has 1 saturated heterocycles. The first-order valence-corrected chi connectivity index (χ1v) is 13.1. The molecule has 3 N–H and O–H groups in total. The highest BCUT2D eigenvalue weighted by atomic mass is 35.5. The van der Waals surface area contributed by atoms with Crippen molar-refractivity contribution in [1.82, 2.24) is 15.4 Å². The quantitative estimate of drug-likeness (QED) is 0.444. The van der Waals surface area contributed by atoms with Gasteiger partial charge in [0.1, 0.15) is 0 Å². The Hall–Kier alpha value is -2.71. The number of nitrogens with one attached hydrogen (secondary N) is 3. The molecule has 4 rings (SSSR count). The molecule has 0 radical (unpaired) electrons. The van der Waals surface area contributed by atoms with Crippen LogP contribution >= 0.6 is 11.6 Å². The van der Waals surface area contributed by atoms with Gasteiger partial charge in [-0.25, -0.2) is 13.1 Å². The molecule has 1 amide bonds. The molecule has 1 aliphatic rings. The van der Waals surface area contributed by atoms with Crippen LogP contribution in [0.25, 0.3) is 0 Å². The van der Waals surface area contributed by atoms with Crippen LogP contribution in [-0.2, 0) is 14.8 Å². The molecular formula is C26H28ClN3O3S. The molecule has 2 atom stereocenters. The van der Waals surface area contributed by atoms with Gasteiger partial charge in [0, 0.05) is 36.6 Å². The predicted octanol–water partition coefficient (Wildman–Crippen LogP) is 3.54. The lowest BCUT2D eigenvalue weighted by Gasteiger charge is -2.30. The van der Waals surface area contributed by atoms with Gasteiger partial charge < -0.3 is 10.6 Å². The third-order valence-corrected chi connectivity index (χ3v) is 7.79. The van der Waals surface area contributed by atoms with E-state index in [-0.39, 0.29) is 22.6 Å². The summed E-state index contributed by atoms with van der Waals surface area (Å²) >= 11 is 5.95. The molecule has 3 aromatic rings. The molecule has 8 heteroatoms. The molecular weight excluding hydrogens is 470 g/mol. The normalized spacial score (nSPS) is 18.5. The van der Waals surface area contributed by atoms with E-state index in [1.54, 1.807) is 12.1 Å². The lowest BCUT2D eigenvalue weighted by molar-refractivity contribution is -0.125. The SMILES string of the molecule is O=C(NCC(c1ccccc1)c1ccccc1)C1CNCC(NS(=O)(=O)c2cccc(Cl)c2)C1. The smallest absolute Gasteiger partial charge is 0.240 e. The Labute approximate surface area is 205 Å². The maximum absolute atomic E-state index is 13.0. The van der Waals surface area contributed by atoms with Crippen molar-refractivity contribution in [2.75, 3.05) is 19.6 Å². The molecule has 0 aromatic heterocycles. The average molecular weight is 498 g/mol. The van der Waals surface area contributed by atoms with Crippen molar-refractivity contribution in [3.8, 4) is 0 Å². The Bertz CT molecular complexity index is 1170. The van der Waals surface area contributed by atoms with E-state index in [9.17, 15) is 13.2 Å². The minimum absolute atomic E-state index is 0.0278. The van der Waals surface area contributed by atoms with Crippen LogP contribution in [0.1, 0.15) is 23.5 Å². The van der Waals surface area contributed by atoms with Crippen molar-refractivity contribution in [3.63, 3.8) is 0 Å². The van der Waals surface area contributed by atoms with Gasteiger partial charge >= 0.3 is 0 Å². The second-order valence-corrected chi connectivity index (χ2v) is 10.6. The summed E-state index contributed by atoms with van der Waals surface area (Å²) in [5.74, 6) is -0.399. The van der Waals surface area contributed by atoms with Gasteiger partial charge in [0.25, 0.3) is 0 Å². The first-order valence-electron chi connectivity index (χ1n) is 11.3. The van der Waals surface area contributed by atoms with Crippen LogP contribution in [0.15, 0.2) is 89.8 Å². The number of amides is 1. The van der Waals surface area contributed by atoms with Crippen LogP contribution in [0.5, 0.6) is 0 Å². The molecule has 1 aliphatic heterocycles. The van der Waals surface area contributed by atoms with Crippen LogP contribution in [0.3, 0.4) is 0 Å². The van der Waals surface area contributed by atoms with Crippen LogP contribution in [0.4, 0.5) is 0 Å². The minimum atomic E-state index is -3.74. The molecule has 178 valence electrons. The molecule has 1 heterocycles. The van der Waals surface area contributed by atoms with Gasteiger partial charge in [-0.1, -0.05) is 78.3 Å². The van der Waals surface area contributed by atoms with Gasteiger partial charge in [-0.2, -0.15) is 0 Å². The fourth-order valence-corrected chi connectivity index (χ4v) is 5.85. The second-order valence-electron chi connectivity index (χ2n) is 8.49. The maximum atomic E-state index is 13.0. The molecule has 0 spiro atoms. The Kier molecular flexibility index (Phi) is 8.00. The highest BCUT2D eigenvalue weighted by molar-refractivity contribution is 7.89. The number of carbonyl (C=O) groups excluding carboxylic acids is 1. The van der Waals surface area contributed by atoms with Gasteiger partial charge in [0.05, 0.1) is 10.8 Å². The van der Waals surface area contributed by atoms with Gasteiger partial charge in [-0.15, -0.1) is 0 Å².